The maximum atomic E-state index is 9.43. The van der Waals surface area contributed by atoms with Crippen molar-refractivity contribution in [3.63, 3.8) is 0 Å². The molecule has 0 saturated carbocycles. The third-order valence-corrected chi connectivity index (χ3v) is 1.75. The zero-order valence-electron chi connectivity index (χ0n) is 8.60. The second-order valence-corrected chi connectivity index (χ2v) is 3.76. The number of imidazole rings is 1. The molecule has 0 saturated heterocycles. The highest BCUT2D eigenvalue weighted by atomic mass is 16.3. The van der Waals surface area contributed by atoms with Crippen molar-refractivity contribution >= 4 is 5.65 Å². The van der Waals surface area contributed by atoms with Crippen LogP contribution in [0.4, 0.5) is 0 Å². The third kappa shape index (κ3) is 2.33. The van der Waals surface area contributed by atoms with Gasteiger partial charge in [-0.1, -0.05) is 5.92 Å². The summed E-state index contributed by atoms with van der Waals surface area (Å²) in [6.45, 7) is 3.27. The van der Waals surface area contributed by atoms with Gasteiger partial charge in [-0.15, -0.1) is 0 Å². The van der Waals surface area contributed by atoms with Gasteiger partial charge in [0, 0.05) is 12.4 Å². The molecule has 76 valence electrons. The first-order valence-electron chi connectivity index (χ1n) is 4.60. The van der Waals surface area contributed by atoms with Crippen LogP contribution in [0.1, 0.15) is 19.5 Å². The van der Waals surface area contributed by atoms with Crippen LogP contribution in [0.25, 0.3) is 5.65 Å². The Balaban J connectivity index is 2.39. The van der Waals surface area contributed by atoms with Crippen molar-refractivity contribution < 1.29 is 5.11 Å². The first-order chi connectivity index (χ1) is 7.04. The van der Waals surface area contributed by atoms with Gasteiger partial charge in [0.25, 0.3) is 0 Å². The molecule has 0 atom stereocenters. The van der Waals surface area contributed by atoms with Crippen molar-refractivity contribution in [2.75, 3.05) is 0 Å². The van der Waals surface area contributed by atoms with Crippen LogP contribution in [0.5, 0.6) is 0 Å². The van der Waals surface area contributed by atoms with Gasteiger partial charge in [0.2, 0.25) is 0 Å². The number of fused-ring (bicyclic) bond motifs is 1. The standard InChI is InChI=1S/C11H11N3O/c1-11(2,15)6-5-9-3-4-10-12-7-8-14(10)13-9/h3-4,7-8,15H,1-2H3. The molecule has 0 aliphatic carbocycles. The van der Waals surface area contributed by atoms with E-state index in [0.29, 0.717) is 5.69 Å². The second kappa shape index (κ2) is 3.37. The van der Waals surface area contributed by atoms with E-state index in [0.717, 1.165) is 5.65 Å². The topological polar surface area (TPSA) is 50.4 Å². The Labute approximate surface area is 87.6 Å². The maximum absolute atomic E-state index is 9.43. The molecule has 0 radical (unpaired) electrons. The lowest BCUT2D eigenvalue weighted by atomic mass is 10.1. The molecule has 0 fully saturated rings. The minimum Gasteiger partial charge on any atom is -0.378 e. The molecule has 0 amide bonds. The summed E-state index contributed by atoms with van der Waals surface area (Å²) in [6, 6.07) is 3.61. The van der Waals surface area contributed by atoms with Gasteiger partial charge in [-0.25, -0.2) is 9.50 Å². The second-order valence-electron chi connectivity index (χ2n) is 3.76. The normalized spacial score (nSPS) is 11.1. The van der Waals surface area contributed by atoms with Crippen molar-refractivity contribution in [3.05, 3.63) is 30.2 Å². The Morgan fingerprint density at radius 1 is 1.40 bits per heavy atom. The molecule has 0 unspecified atom stereocenters. The average Bonchev–Trinajstić information content (AvgIpc) is 2.60. The van der Waals surface area contributed by atoms with Gasteiger partial charge in [-0.3, -0.25) is 0 Å². The monoisotopic (exact) mass is 201 g/mol. The van der Waals surface area contributed by atoms with Crippen molar-refractivity contribution in [1.82, 2.24) is 14.6 Å². The fraction of sp³-hybridized carbons (Fsp3) is 0.273. The van der Waals surface area contributed by atoms with Gasteiger partial charge in [0.05, 0.1) is 0 Å². The predicted octanol–water partition coefficient (Wildman–Crippen LogP) is 0.852. The van der Waals surface area contributed by atoms with Crippen molar-refractivity contribution in [2.45, 2.75) is 19.4 Å². The molecule has 15 heavy (non-hydrogen) atoms. The quantitative estimate of drug-likeness (QED) is 0.643. The highest BCUT2D eigenvalue weighted by Crippen LogP contribution is 2.01. The minimum atomic E-state index is -0.994. The van der Waals surface area contributed by atoms with Crippen LogP contribution >= 0.6 is 0 Å². The van der Waals surface area contributed by atoms with Gasteiger partial charge in [-0.05, 0) is 31.9 Å². The summed E-state index contributed by atoms with van der Waals surface area (Å²) < 4.78 is 1.65. The summed E-state index contributed by atoms with van der Waals surface area (Å²) in [5, 5.41) is 13.6. The molecule has 4 heteroatoms. The van der Waals surface area contributed by atoms with Crippen LogP contribution in [0.2, 0.25) is 0 Å². The number of hydrogen-bond donors (Lipinski definition) is 1. The summed E-state index contributed by atoms with van der Waals surface area (Å²) in [7, 11) is 0. The van der Waals surface area contributed by atoms with Crippen molar-refractivity contribution in [3.8, 4) is 11.8 Å². The summed E-state index contributed by atoms with van der Waals surface area (Å²) >= 11 is 0. The lowest BCUT2D eigenvalue weighted by molar-refractivity contribution is 0.143. The van der Waals surface area contributed by atoms with E-state index in [1.165, 1.54) is 0 Å². The molecule has 0 aliphatic rings. The average molecular weight is 201 g/mol. The lowest BCUT2D eigenvalue weighted by Crippen LogP contribution is -2.14. The molecule has 2 aromatic rings. The summed E-state index contributed by atoms with van der Waals surface area (Å²) in [5.74, 6) is 5.51. The van der Waals surface area contributed by atoms with Crippen LogP contribution < -0.4 is 0 Å². The van der Waals surface area contributed by atoms with Gasteiger partial charge in [-0.2, -0.15) is 5.10 Å². The minimum absolute atomic E-state index is 0.614. The van der Waals surface area contributed by atoms with Crippen molar-refractivity contribution in [1.29, 1.82) is 0 Å². The van der Waals surface area contributed by atoms with Gasteiger partial charge in [0.15, 0.2) is 5.65 Å². The van der Waals surface area contributed by atoms with Crippen LogP contribution in [0.3, 0.4) is 0 Å². The van der Waals surface area contributed by atoms with Gasteiger partial charge in [0.1, 0.15) is 11.3 Å². The predicted molar refractivity (Wildman–Crippen MR) is 56.2 cm³/mol. The fourth-order valence-electron chi connectivity index (χ4n) is 1.10. The molecule has 1 N–H and O–H groups in total. The molecule has 2 rings (SSSR count). The first-order valence-corrected chi connectivity index (χ1v) is 4.60. The summed E-state index contributed by atoms with van der Waals surface area (Å²) in [4.78, 5) is 4.07. The first kappa shape index (κ1) is 9.69. The molecule has 2 heterocycles. The van der Waals surface area contributed by atoms with E-state index in [1.807, 2.05) is 6.07 Å². The molecule has 4 nitrogen and oxygen atoms in total. The van der Waals surface area contributed by atoms with E-state index in [4.69, 9.17) is 0 Å². The van der Waals surface area contributed by atoms with Crippen LogP contribution in [0, 0.1) is 11.8 Å². The highest BCUT2D eigenvalue weighted by molar-refractivity contribution is 5.40. The molecule has 2 aromatic heterocycles. The number of rotatable bonds is 0. The number of aliphatic hydroxyl groups is 1. The fourth-order valence-corrected chi connectivity index (χ4v) is 1.10. The Morgan fingerprint density at radius 3 is 2.93 bits per heavy atom. The lowest BCUT2D eigenvalue weighted by Gasteiger charge is -2.05. The number of hydrogen-bond acceptors (Lipinski definition) is 3. The number of aromatic nitrogens is 3. The molecule has 0 aromatic carbocycles. The Hall–Kier alpha value is -1.86. The zero-order chi connectivity index (χ0) is 10.9. The maximum Gasteiger partial charge on any atom is 0.153 e. The van der Waals surface area contributed by atoms with Crippen molar-refractivity contribution in [2.24, 2.45) is 0 Å². The van der Waals surface area contributed by atoms with Gasteiger partial charge >= 0.3 is 0 Å². The molecule has 0 aliphatic heterocycles. The SMILES string of the molecule is CC(C)(O)C#Cc1ccc2nccn2n1. The summed E-state index contributed by atoms with van der Waals surface area (Å²) in [5.41, 5.74) is 0.400. The van der Waals surface area contributed by atoms with E-state index in [-0.39, 0.29) is 0 Å². The third-order valence-electron chi connectivity index (χ3n) is 1.75. The van der Waals surface area contributed by atoms with E-state index in [9.17, 15) is 5.11 Å². The zero-order valence-corrected chi connectivity index (χ0v) is 8.60. The highest BCUT2D eigenvalue weighted by Gasteiger charge is 2.06. The smallest absolute Gasteiger partial charge is 0.153 e. The Bertz CT molecular complexity index is 540. The van der Waals surface area contributed by atoms with Gasteiger partial charge < -0.3 is 5.11 Å². The van der Waals surface area contributed by atoms with E-state index >= 15 is 0 Å². The van der Waals surface area contributed by atoms with Crippen LogP contribution in [0.15, 0.2) is 24.5 Å². The van der Waals surface area contributed by atoms with E-state index < -0.39 is 5.60 Å². The molecular weight excluding hydrogens is 190 g/mol. The molecular formula is C11H11N3O. The van der Waals surface area contributed by atoms with Crippen LogP contribution in [-0.2, 0) is 0 Å². The Kier molecular flexibility index (Phi) is 2.18. The van der Waals surface area contributed by atoms with E-state index in [1.54, 1.807) is 36.8 Å². The largest absolute Gasteiger partial charge is 0.378 e. The Morgan fingerprint density at radius 2 is 2.20 bits per heavy atom. The summed E-state index contributed by atoms with van der Waals surface area (Å²) in [6.07, 6.45) is 3.43. The molecule has 0 bridgehead atoms. The number of nitrogens with zero attached hydrogens (tertiary/aromatic N) is 3. The van der Waals surface area contributed by atoms with E-state index in [2.05, 4.69) is 21.9 Å². The molecule has 0 spiro atoms. The van der Waals surface area contributed by atoms with Crippen LogP contribution in [-0.4, -0.2) is 25.3 Å².